The fourth-order valence-electron chi connectivity index (χ4n) is 2.41. The van der Waals surface area contributed by atoms with E-state index in [0.717, 1.165) is 16.3 Å². The molecule has 0 aliphatic rings. The molecule has 1 amide bonds. The molecular formula is C18H14N2O3. The van der Waals surface area contributed by atoms with Crippen molar-refractivity contribution in [2.45, 2.75) is 6.42 Å². The quantitative estimate of drug-likeness (QED) is 0.776. The molecule has 0 radical (unpaired) electrons. The van der Waals surface area contributed by atoms with Gasteiger partial charge < -0.3 is 10.4 Å². The van der Waals surface area contributed by atoms with E-state index in [1.54, 1.807) is 0 Å². The number of aromatic nitrogens is 1. The maximum Gasteiger partial charge on any atom is 0.337 e. The normalized spacial score (nSPS) is 10.4. The molecule has 0 aliphatic heterocycles. The zero-order valence-corrected chi connectivity index (χ0v) is 12.2. The van der Waals surface area contributed by atoms with Crippen LogP contribution < -0.4 is 5.32 Å². The highest BCUT2D eigenvalue weighted by atomic mass is 16.4. The highest BCUT2D eigenvalue weighted by Crippen LogP contribution is 2.17. The molecule has 23 heavy (non-hydrogen) atoms. The van der Waals surface area contributed by atoms with Gasteiger partial charge in [-0.25, -0.2) is 4.79 Å². The van der Waals surface area contributed by atoms with Gasteiger partial charge in [-0.15, -0.1) is 0 Å². The van der Waals surface area contributed by atoms with E-state index in [1.165, 1.54) is 18.5 Å². The smallest absolute Gasteiger partial charge is 0.337 e. The minimum absolute atomic E-state index is 0.0202. The molecule has 0 saturated heterocycles. The average molecular weight is 306 g/mol. The number of hydrogen-bond acceptors (Lipinski definition) is 3. The molecule has 5 nitrogen and oxygen atoms in total. The zero-order chi connectivity index (χ0) is 16.2. The fourth-order valence-corrected chi connectivity index (χ4v) is 2.41. The van der Waals surface area contributed by atoms with Crippen molar-refractivity contribution in [1.29, 1.82) is 0 Å². The number of carboxylic acids is 1. The number of carbonyl (C=O) groups is 2. The van der Waals surface area contributed by atoms with Gasteiger partial charge in [0.25, 0.3) is 0 Å². The third-order valence-corrected chi connectivity index (χ3v) is 3.50. The molecule has 1 aromatic heterocycles. The van der Waals surface area contributed by atoms with Crippen LogP contribution in [0.2, 0.25) is 0 Å². The summed E-state index contributed by atoms with van der Waals surface area (Å²) in [7, 11) is 0. The molecule has 0 spiro atoms. The number of aromatic carboxylic acids is 1. The SMILES string of the molecule is O=C(Cc1ccc2ccccc2c1)Nc1cnccc1C(=O)O. The second kappa shape index (κ2) is 6.27. The van der Waals surface area contributed by atoms with Gasteiger partial charge in [0.05, 0.1) is 23.9 Å². The second-order valence-electron chi connectivity index (χ2n) is 5.13. The Morgan fingerprint density at radius 3 is 2.61 bits per heavy atom. The van der Waals surface area contributed by atoms with Crippen LogP contribution in [0.4, 0.5) is 5.69 Å². The molecule has 2 N–H and O–H groups in total. The number of anilines is 1. The van der Waals surface area contributed by atoms with Gasteiger partial charge in [0.1, 0.15) is 0 Å². The Kier molecular flexibility index (Phi) is 4.01. The number of nitrogens with one attached hydrogen (secondary N) is 1. The number of amides is 1. The van der Waals surface area contributed by atoms with E-state index in [1.807, 2.05) is 42.5 Å². The first-order chi connectivity index (χ1) is 11.1. The molecular weight excluding hydrogens is 292 g/mol. The first kappa shape index (κ1) is 14.7. The van der Waals surface area contributed by atoms with Crippen LogP contribution in [-0.4, -0.2) is 22.0 Å². The van der Waals surface area contributed by atoms with Crippen molar-refractivity contribution in [3.63, 3.8) is 0 Å². The molecule has 1 heterocycles. The largest absolute Gasteiger partial charge is 0.478 e. The van der Waals surface area contributed by atoms with Crippen LogP contribution in [0.15, 0.2) is 60.9 Å². The number of hydrogen-bond donors (Lipinski definition) is 2. The van der Waals surface area contributed by atoms with Crippen molar-refractivity contribution in [1.82, 2.24) is 4.98 Å². The lowest BCUT2D eigenvalue weighted by Gasteiger charge is -2.08. The summed E-state index contributed by atoms with van der Waals surface area (Å²) >= 11 is 0. The van der Waals surface area contributed by atoms with Gasteiger partial charge in [0.2, 0.25) is 5.91 Å². The molecule has 114 valence electrons. The Morgan fingerprint density at radius 2 is 1.83 bits per heavy atom. The molecule has 3 aromatic rings. The van der Waals surface area contributed by atoms with Crippen molar-refractivity contribution in [2.24, 2.45) is 0 Å². The lowest BCUT2D eigenvalue weighted by atomic mass is 10.0. The molecule has 5 heteroatoms. The number of fused-ring (bicyclic) bond motifs is 1. The highest BCUT2D eigenvalue weighted by Gasteiger charge is 2.12. The standard InChI is InChI=1S/C18H14N2O3/c21-17(20-16-11-19-8-7-15(16)18(22)23)10-12-5-6-13-3-1-2-4-14(13)9-12/h1-9,11H,10H2,(H,20,21)(H,22,23). The Labute approximate surface area is 132 Å². The Bertz CT molecular complexity index is 890. The van der Waals surface area contributed by atoms with Crippen LogP contribution in [-0.2, 0) is 11.2 Å². The summed E-state index contributed by atoms with van der Waals surface area (Å²) in [6.45, 7) is 0. The van der Waals surface area contributed by atoms with Crippen LogP contribution in [0.1, 0.15) is 15.9 Å². The number of pyridine rings is 1. The summed E-state index contributed by atoms with van der Waals surface area (Å²) < 4.78 is 0. The fraction of sp³-hybridized carbons (Fsp3) is 0.0556. The van der Waals surface area contributed by atoms with E-state index < -0.39 is 5.97 Å². The van der Waals surface area contributed by atoms with Gasteiger partial charge in [-0.2, -0.15) is 0 Å². The van der Waals surface area contributed by atoms with Crippen LogP contribution >= 0.6 is 0 Å². The topological polar surface area (TPSA) is 79.3 Å². The van der Waals surface area contributed by atoms with E-state index in [9.17, 15) is 9.59 Å². The van der Waals surface area contributed by atoms with Gasteiger partial charge in [0, 0.05) is 6.20 Å². The van der Waals surface area contributed by atoms with Crippen LogP contribution in [0.25, 0.3) is 10.8 Å². The van der Waals surface area contributed by atoms with Gasteiger partial charge >= 0.3 is 5.97 Å². The maximum absolute atomic E-state index is 12.2. The monoisotopic (exact) mass is 306 g/mol. The van der Waals surface area contributed by atoms with Crippen LogP contribution in [0.5, 0.6) is 0 Å². The summed E-state index contributed by atoms with van der Waals surface area (Å²) in [5.41, 5.74) is 1.08. The summed E-state index contributed by atoms with van der Waals surface area (Å²) in [6.07, 6.45) is 2.88. The van der Waals surface area contributed by atoms with Crippen molar-refractivity contribution in [3.8, 4) is 0 Å². The van der Waals surface area contributed by atoms with E-state index >= 15 is 0 Å². The number of carboxylic acid groups (broad SMARTS) is 1. The molecule has 0 unspecified atom stereocenters. The van der Waals surface area contributed by atoms with Gasteiger partial charge in [0.15, 0.2) is 0 Å². The molecule has 0 atom stereocenters. The minimum Gasteiger partial charge on any atom is -0.478 e. The number of rotatable bonds is 4. The van der Waals surface area contributed by atoms with Gasteiger partial charge in [-0.05, 0) is 22.4 Å². The first-order valence-corrected chi connectivity index (χ1v) is 7.08. The summed E-state index contributed by atoms with van der Waals surface area (Å²) in [5.74, 6) is -1.39. The van der Waals surface area contributed by atoms with Gasteiger partial charge in [-0.3, -0.25) is 9.78 Å². The molecule has 0 bridgehead atoms. The van der Waals surface area contributed by atoms with E-state index in [4.69, 9.17) is 5.11 Å². The molecule has 3 rings (SSSR count). The summed E-state index contributed by atoms with van der Waals surface area (Å²) in [6, 6.07) is 15.1. The Morgan fingerprint density at radius 1 is 1.04 bits per heavy atom. The lowest BCUT2D eigenvalue weighted by molar-refractivity contribution is -0.115. The average Bonchev–Trinajstić information content (AvgIpc) is 2.55. The van der Waals surface area contributed by atoms with Crippen molar-refractivity contribution in [2.75, 3.05) is 5.32 Å². The summed E-state index contributed by atoms with van der Waals surface area (Å²) in [4.78, 5) is 27.1. The van der Waals surface area contributed by atoms with E-state index in [-0.39, 0.29) is 23.6 Å². The van der Waals surface area contributed by atoms with Crippen molar-refractivity contribution >= 4 is 28.3 Å². The van der Waals surface area contributed by atoms with E-state index in [2.05, 4.69) is 10.3 Å². The van der Waals surface area contributed by atoms with Crippen molar-refractivity contribution < 1.29 is 14.7 Å². The molecule has 0 fully saturated rings. The third-order valence-electron chi connectivity index (χ3n) is 3.50. The third kappa shape index (κ3) is 3.35. The minimum atomic E-state index is -1.10. The molecule has 0 saturated carbocycles. The number of benzene rings is 2. The number of nitrogens with zero attached hydrogens (tertiary/aromatic N) is 1. The Hall–Kier alpha value is -3.21. The first-order valence-electron chi connectivity index (χ1n) is 7.08. The summed E-state index contributed by atoms with van der Waals surface area (Å²) in [5, 5.41) is 13.9. The zero-order valence-electron chi connectivity index (χ0n) is 12.2. The predicted molar refractivity (Wildman–Crippen MR) is 87.5 cm³/mol. The second-order valence-corrected chi connectivity index (χ2v) is 5.13. The van der Waals surface area contributed by atoms with Gasteiger partial charge in [-0.1, -0.05) is 42.5 Å². The van der Waals surface area contributed by atoms with Crippen molar-refractivity contribution in [3.05, 3.63) is 72.1 Å². The lowest BCUT2D eigenvalue weighted by Crippen LogP contribution is -2.17. The highest BCUT2D eigenvalue weighted by molar-refractivity contribution is 6.00. The van der Waals surface area contributed by atoms with Crippen LogP contribution in [0, 0.1) is 0 Å². The maximum atomic E-state index is 12.2. The Balaban J connectivity index is 1.77. The van der Waals surface area contributed by atoms with E-state index in [0.29, 0.717) is 0 Å². The molecule has 0 aliphatic carbocycles. The van der Waals surface area contributed by atoms with Crippen LogP contribution in [0.3, 0.4) is 0 Å². The predicted octanol–water partition coefficient (Wildman–Crippen LogP) is 3.11. The molecule has 2 aromatic carbocycles. The number of carbonyl (C=O) groups excluding carboxylic acids is 1.